The van der Waals surface area contributed by atoms with Crippen LogP contribution < -0.4 is 10.3 Å². The van der Waals surface area contributed by atoms with Gasteiger partial charge in [-0.05, 0) is 49.9 Å². The van der Waals surface area contributed by atoms with Crippen molar-refractivity contribution < 1.29 is 9.52 Å². The van der Waals surface area contributed by atoms with Crippen LogP contribution in [0.4, 0.5) is 0 Å². The molecule has 1 fully saturated rings. The third-order valence-electron chi connectivity index (χ3n) is 3.44. The summed E-state index contributed by atoms with van der Waals surface area (Å²) in [6.07, 6.45) is 3.19. The van der Waals surface area contributed by atoms with Crippen LogP contribution in [0, 0.1) is 5.92 Å². The third-order valence-corrected chi connectivity index (χ3v) is 4.23. The molecule has 96 valence electrons. The fourth-order valence-corrected chi connectivity index (χ4v) is 3.21. The quantitative estimate of drug-likeness (QED) is 0.873. The smallest absolute Gasteiger partial charge is 0.396 e. The maximum Gasteiger partial charge on any atom is 0.396 e. The van der Waals surface area contributed by atoms with Crippen LogP contribution in [-0.2, 0) is 6.42 Å². The van der Waals surface area contributed by atoms with Crippen LogP contribution in [0.3, 0.4) is 0 Å². The zero-order chi connectivity index (χ0) is 12.5. The topological polar surface area (TPSA) is 62.5 Å². The Labute approximate surface area is 108 Å². The van der Waals surface area contributed by atoms with E-state index in [9.17, 15) is 9.90 Å². The molecule has 5 heteroatoms. The Balaban J connectivity index is 1.90. The van der Waals surface area contributed by atoms with Gasteiger partial charge in [0.15, 0.2) is 0 Å². The Bertz CT molecular complexity index is 610. The predicted octanol–water partition coefficient (Wildman–Crippen LogP) is 2.10. The lowest BCUT2D eigenvalue weighted by Gasteiger charge is -2.22. The van der Waals surface area contributed by atoms with Crippen LogP contribution in [0.25, 0.3) is 10.3 Å². The van der Waals surface area contributed by atoms with Crippen molar-refractivity contribution >= 4 is 21.6 Å². The summed E-state index contributed by atoms with van der Waals surface area (Å²) in [5.41, 5.74) is 1.46. The Morgan fingerprint density at radius 3 is 3.17 bits per heavy atom. The van der Waals surface area contributed by atoms with E-state index in [0.717, 1.165) is 36.4 Å². The molecule has 1 aromatic carbocycles. The van der Waals surface area contributed by atoms with Gasteiger partial charge in [0.2, 0.25) is 0 Å². The van der Waals surface area contributed by atoms with Crippen molar-refractivity contribution in [3.05, 3.63) is 27.4 Å². The van der Waals surface area contributed by atoms with Crippen molar-refractivity contribution in [3.63, 3.8) is 0 Å². The summed E-state index contributed by atoms with van der Waals surface area (Å²) in [4.78, 5) is 10.8. The van der Waals surface area contributed by atoms with E-state index in [2.05, 4.69) is 5.32 Å². The molecule has 1 aromatic heterocycles. The molecular weight excluding hydrogens is 250 g/mol. The lowest BCUT2D eigenvalue weighted by atomic mass is 9.92. The molecule has 2 N–H and O–H groups in total. The molecule has 1 unspecified atom stereocenters. The first-order valence-electron chi connectivity index (χ1n) is 6.18. The van der Waals surface area contributed by atoms with Crippen molar-refractivity contribution in [2.45, 2.75) is 19.3 Å². The first kappa shape index (κ1) is 11.7. The van der Waals surface area contributed by atoms with E-state index in [1.165, 1.54) is 12.8 Å². The van der Waals surface area contributed by atoms with E-state index in [1.54, 1.807) is 12.1 Å². The molecule has 1 saturated heterocycles. The third kappa shape index (κ3) is 2.28. The van der Waals surface area contributed by atoms with Crippen LogP contribution in [0.2, 0.25) is 0 Å². The highest BCUT2D eigenvalue weighted by atomic mass is 32.1. The zero-order valence-electron chi connectivity index (χ0n) is 9.94. The van der Waals surface area contributed by atoms with E-state index in [1.807, 2.05) is 0 Å². The first-order chi connectivity index (χ1) is 8.72. The van der Waals surface area contributed by atoms with E-state index in [-0.39, 0.29) is 10.7 Å². The van der Waals surface area contributed by atoms with Crippen molar-refractivity contribution in [1.29, 1.82) is 0 Å². The highest BCUT2D eigenvalue weighted by Crippen LogP contribution is 2.29. The molecule has 0 bridgehead atoms. The fraction of sp³-hybridized carbons (Fsp3) is 0.462. The predicted molar refractivity (Wildman–Crippen MR) is 71.3 cm³/mol. The number of aromatic hydroxyl groups is 1. The standard InChI is InChI=1S/C13H15NO3S/c15-10-6-12-11(17-13(16)18-12)5-9(10)4-8-2-1-3-14-7-8/h5-6,8,14-15H,1-4,7H2. The molecule has 0 aliphatic carbocycles. The summed E-state index contributed by atoms with van der Waals surface area (Å²) in [5, 5.41) is 13.4. The molecule has 2 aromatic rings. The normalized spacial score (nSPS) is 20.3. The minimum absolute atomic E-state index is 0.269. The zero-order valence-corrected chi connectivity index (χ0v) is 10.8. The Kier molecular flexibility index (Phi) is 3.09. The number of benzene rings is 1. The largest absolute Gasteiger partial charge is 0.508 e. The Morgan fingerprint density at radius 2 is 2.39 bits per heavy atom. The number of fused-ring (bicyclic) bond motifs is 1. The van der Waals surface area contributed by atoms with Crippen molar-refractivity contribution in [2.75, 3.05) is 13.1 Å². The average Bonchev–Trinajstić information content (AvgIpc) is 2.70. The number of hydrogen-bond donors (Lipinski definition) is 2. The molecule has 0 saturated carbocycles. The molecule has 18 heavy (non-hydrogen) atoms. The molecular formula is C13H15NO3S. The van der Waals surface area contributed by atoms with Gasteiger partial charge in [-0.1, -0.05) is 11.3 Å². The minimum Gasteiger partial charge on any atom is -0.508 e. The highest BCUT2D eigenvalue weighted by Gasteiger charge is 2.16. The van der Waals surface area contributed by atoms with Gasteiger partial charge < -0.3 is 14.8 Å². The van der Waals surface area contributed by atoms with Crippen LogP contribution in [0.5, 0.6) is 5.75 Å². The second-order valence-electron chi connectivity index (χ2n) is 4.80. The van der Waals surface area contributed by atoms with Crippen molar-refractivity contribution in [2.24, 2.45) is 5.92 Å². The summed E-state index contributed by atoms with van der Waals surface area (Å²) in [6.45, 7) is 2.08. The molecule has 2 heterocycles. The van der Waals surface area contributed by atoms with Crippen molar-refractivity contribution in [1.82, 2.24) is 5.32 Å². The molecule has 1 atom stereocenters. The van der Waals surface area contributed by atoms with E-state index < -0.39 is 0 Å². The maximum absolute atomic E-state index is 11.2. The van der Waals surface area contributed by atoms with Gasteiger partial charge in [0.05, 0.1) is 4.70 Å². The van der Waals surface area contributed by atoms with Gasteiger partial charge in [-0.15, -0.1) is 0 Å². The number of rotatable bonds is 2. The summed E-state index contributed by atoms with van der Waals surface area (Å²) in [7, 11) is 0. The van der Waals surface area contributed by atoms with Crippen LogP contribution in [0.15, 0.2) is 21.3 Å². The van der Waals surface area contributed by atoms with Crippen LogP contribution in [-0.4, -0.2) is 18.2 Å². The second-order valence-corrected chi connectivity index (χ2v) is 5.78. The summed E-state index contributed by atoms with van der Waals surface area (Å²) in [6, 6.07) is 3.44. The second kappa shape index (κ2) is 4.74. The number of nitrogens with one attached hydrogen (secondary N) is 1. The van der Waals surface area contributed by atoms with E-state index in [4.69, 9.17) is 4.42 Å². The van der Waals surface area contributed by atoms with Gasteiger partial charge in [0.1, 0.15) is 11.3 Å². The lowest BCUT2D eigenvalue weighted by molar-refractivity contribution is 0.370. The molecule has 0 spiro atoms. The number of phenols is 1. The van der Waals surface area contributed by atoms with Crippen LogP contribution in [0.1, 0.15) is 18.4 Å². The summed E-state index contributed by atoms with van der Waals surface area (Å²) < 4.78 is 5.80. The van der Waals surface area contributed by atoms with Gasteiger partial charge in [0.25, 0.3) is 0 Å². The Hall–Kier alpha value is -1.33. The van der Waals surface area contributed by atoms with E-state index in [0.29, 0.717) is 16.2 Å². The monoisotopic (exact) mass is 265 g/mol. The molecule has 0 radical (unpaired) electrons. The average molecular weight is 265 g/mol. The number of phenolic OH excluding ortho intramolecular Hbond substituents is 1. The molecule has 3 rings (SSSR count). The molecule has 1 aliphatic rings. The van der Waals surface area contributed by atoms with Gasteiger partial charge in [-0.3, -0.25) is 0 Å². The lowest BCUT2D eigenvalue weighted by Crippen LogP contribution is -2.30. The number of hydrogen-bond acceptors (Lipinski definition) is 5. The fourth-order valence-electron chi connectivity index (χ4n) is 2.52. The van der Waals surface area contributed by atoms with Gasteiger partial charge >= 0.3 is 4.94 Å². The van der Waals surface area contributed by atoms with Crippen molar-refractivity contribution in [3.8, 4) is 5.75 Å². The minimum atomic E-state index is -0.319. The molecule has 4 nitrogen and oxygen atoms in total. The Morgan fingerprint density at radius 1 is 1.50 bits per heavy atom. The molecule has 0 amide bonds. The van der Waals surface area contributed by atoms with Crippen LogP contribution >= 0.6 is 11.3 Å². The van der Waals surface area contributed by atoms with Gasteiger partial charge in [-0.2, -0.15) is 0 Å². The van der Waals surface area contributed by atoms with Gasteiger partial charge in [0, 0.05) is 6.07 Å². The van der Waals surface area contributed by atoms with E-state index >= 15 is 0 Å². The summed E-state index contributed by atoms with van der Waals surface area (Å²) in [5.74, 6) is 0.817. The maximum atomic E-state index is 11.2. The highest BCUT2D eigenvalue weighted by molar-refractivity contribution is 7.16. The SMILES string of the molecule is O=c1oc2cc(CC3CCCNC3)c(O)cc2s1. The number of piperidine rings is 1. The first-order valence-corrected chi connectivity index (χ1v) is 7.00. The molecule has 1 aliphatic heterocycles. The van der Waals surface area contributed by atoms with Gasteiger partial charge in [-0.25, -0.2) is 4.79 Å². The summed E-state index contributed by atoms with van der Waals surface area (Å²) >= 11 is 1.03.